The van der Waals surface area contributed by atoms with Crippen molar-refractivity contribution in [2.75, 3.05) is 17.6 Å². The maximum Gasteiger partial charge on any atom is 0.302 e. The molecule has 0 aliphatic carbocycles. The summed E-state index contributed by atoms with van der Waals surface area (Å²) >= 11 is 8.44. The maximum absolute atomic E-state index is 12.5. The summed E-state index contributed by atoms with van der Waals surface area (Å²) in [6, 6.07) is 18.2. The number of nitrogens with two attached hydrogens (primary N) is 2. The first-order valence-electron chi connectivity index (χ1n) is 10.4. The lowest BCUT2D eigenvalue weighted by molar-refractivity contribution is 0.0998. The van der Waals surface area contributed by atoms with Gasteiger partial charge in [-0.1, -0.05) is 54.1 Å². The SMILES string of the molecule is N/C(=N\C(=O)c1nc(Cl)c(NCc2ccc(I)cc2)nc1N)NCCCCc1ccccc1. The van der Waals surface area contributed by atoms with Gasteiger partial charge in [0.25, 0.3) is 0 Å². The van der Waals surface area contributed by atoms with Crippen molar-refractivity contribution >= 4 is 57.7 Å². The number of carbonyl (C=O) groups excluding carboxylic acids is 1. The quantitative estimate of drug-likeness (QED) is 0.131. The molecule has 0 spiro atoms. The Labute approximate surface area is 211 Å². The van der Waals surface area contributed by atoms with Crippen molar-refractivity contribution in [1.82, 2.24) is 15.3 Å². The number of halogens is 2. The van der Waals surface area contributed by atoms with Crippen molar-refractivity contribution in [3.05, 3.63) is 80.1 Å². The van der Waals surface area contributed by atoms with Crippen LogP contribution in [0.2, 0.25) is 5.15 Å². The van der Waals surface area contributed by atoms with Gasteiger partial charge in [-0.05, 0) is 65.1 Å². The highest BCUT2D eigenvalue weighted by molar-refractivity contribution is 14.1. The van der Waals surface area contributed by atoms with E-state index in [1.165, 1.54) is 5.56 Å². The summed E-state index contributed by atoms with van der Waals surface area (Å²) in [5.41, 5.74) is 13.9. The second-order valence-corrected chi connectivity index (χ2v) is 8.85. The predicted octanol–water partition coefficient (Wildman–Crippen LogP) is 4.00. The number of hydrogen-bond acceptors (Lipinski definition) is 5. The third-order valence-electron chi connectivity index (χ3n) is 4.72. The molecule has 10 heteroatoms. The van der Waals surface area contributed by atoms with Crippen LogP contribution in [0.1, 0.15) is 34.5 Å². The van der Waals surface area contributed by atoms with Gasteiger partial charge in [-0.25, -0.2) is 9.97 Å². The van der Waals surface area contributed by atoms with Gasteiger partial charge in [-0.15, -0.1) is 0 Å². The molecule has 3 rings (SSSR count). The molecule has 0 saturated carbocycles. The van der Waals surface area contributed by atoms with Crippen molar-refractivity contribution in [2.45, 2.75) is 25.8 Å². The third-order valence-corrected chi connectivity index (χ3v) is 5.70. The Kier molecular flexibility index (Phi) is 9.25. The smallest absolute Gasteiger partial charge is 0.302 e. The summed E-state index contributed by atoms with van der Waals surface area (Å²) in [5.74, 6) is -0.495. The van der Waals surface area contributed by atoms with Gasteiger partial charge in [-0.3, -0.25) is 4.79 Å². The molecule has 0 saturated heterocycles. The summed E-state index contributed by atoms with van der Waals surface area (Å²) in [4.78, 5) is 24.5. The van der Waals surface area contributed by atoms with Gasteiger partial charge in [0.15, 0.2) is 28.4 Å². The fourth-order valence-electron chi connectivity index (χ4n) is 3.00. The van der Waals surface area contributed by atoms with Gasteiger partial charge in [0, 0.05) is 16.7 Å². The molecule has 172 valence electrons. The molecule has 0 aliphatic heterocycles. The van der Waals surface area contributed by atoms with Crippen molar-refractivity contribution in [3.8, 4) is 0 Å². The lowest BCUT2D eigenvalue weighted by Crippen LogP contribution is -2.33. The first-order valence-corrected chi connectivity index (χ1v) is 11.9. The van der Waals surface area contributed by atoms with Crippen LogP contribution < -0.4 is 22.1 Å². The molecule has 6 N–H and O–H groups in total. The molecule has 33 heavy (non-hydrogen) atoms. The van der Waals surface area contributed by atoms with E-state index >= 15 is 0 Å². The number of benzene rings is 2. The minimum atomic E-state index is -0.708. The Morgan fingerprint density at radius 1 is 1.03 bits per heavy atom. The molecule has 0 bridgehead atoms. The number of amides is 1. The highest BCUT2D eigenvalue weighted by Crippen LogP contribution is 2.22. The molecule has 1 amide bonds. The zero-order valence-electron chi connectivity index (χ0n) is 17.9. The number of nitrogens with one attached hydrogen (secondary N) is 2. The Morgan fingerprint density at radius 2 is 1.76 bits per heavy atom. The number of aromatic nitrogens is 2. The van der Waals surface area contributed by atoms with Crippen molar-refractivity contribution in [3.63, 3.8) is 0 Å². The van der Waals surface area contributed by atoms with Crippen molar-refractivity contribution < 1.29 is 4.79 Å². The van der Waals surface area contributed by atoms with E-state index in [2.05, 4.69) is 60.3 Å². The van der Waals surface area contributed by atoms with E-state index in [1.807, 2.05) is 42.5 Å². The highest BCUT2D eigenvalue weighted by Gasteiger charge is 2.17. The van der Waals surface area contributed by atoms with Crippen LogP contribution >= 0.6 is 34.2 Å². The highest BCUT2D eigenvalue weighted by atomic mass is 127. The second kappa shape index (κ2) is 12.4. The zero-order chi connectivity index (χ0) is 23.6. The minimum Gasteiger partial charge on any atom is -0.382 e. The normalized spacial score (nSPS) is 11.3. The van der Waals surface area contributed by atoms with Crippen LogP contribution in [0.25, 0.3) is 0 Å². The minimum absolute atomic E-state index is 0.00190. The number of nitrogen functional groups attached to an aromatic ring is 1. The van der Waals surface area contributed by atoms with Gasteiger partial charge in [-0.2, -0.15) is 4.99 Å². The summed E-state index contributed by atoms with van der Waals surface area (Å²) < 4.78 is 1.14. The Hall–Kier alpha value is -2.92. The standard InChI is InChI=1S/C23H25ClIN7O/c24-19-21(29-14-16-9-11-17(25)12-10-16)31-20(26)18(30-19)22(33)32-23(27)28-13-5-4-8-15-6-2-1-3-7-15/h1-3,6-7,9-12H,4-5,8,13-14H2,(H3,26,29,31)(H3,27,28,32,33). The van der Waals surface area contributed by atoms with Crippen LogP contribution in [0, 0.1) is 3.57 Å². The average Bonchev–Trinajstić information content (AvgIpc) is 2.80. The largest absolute Gasteiger partial charge is 0.382 e. The maximum atomic E-state index is 12.5. The Morgan fingerprint density at radius 3 is 2.48 bits per heavy atom. The number of rotatable bonds is 9. The summed E-state index contributed by atoms with van der Waals surface area (Å²) in [7, 11) is 0. The average molecular weight is 578 g/mol. The molecule has 1 heterocycles. The number of aliphatic imine (C=N–C) groups is 1. The van der Waals surface area contributed by atoms with Crippen LogP contribution in [0.15, 0.2) is 59.6 Å². The molecular formula is C23H25ClIN7O. The van der Waals surface area contributed by atoms with Crippen LogP contribution in [-0.2, 0) is 13.0 Å². The van der Waals surface area contributed by atoms with Crippen molar-refractivity contribution in [1.29, 1.82) is 0 Å². The molecule has 0 atom stereocenters. The molecule has 8 nitrogen and oxygen atoms in total. The van der Waals surface area contributed by atoms with E-state index < -0.39 is 5.91 Å². The van der Waals surface area contributed by atoms with Gasteiger partial charge in [0.05, 0.1) is 0 Å². The molecular weight excluding hydrogens is 553 g/mol. The molecule has 2 aromatic carbocycles. The second-order valence-electron chi connectivity index (χ2n) is 7.25. The molecule has 1 aromatic heterocycles. The first kappa shape index (κ1) is 24.7. The molecule has 3 aromatic rings. The number of anilines is 2. The number of hydrogen-bond donors (Lipinski definition) is 4. The molecule has 0 fully saturated rings. The monoisotopic (exact) mass is 577 g/mol. The van der Waals surface area contributed by atoms with E-state index in [9.17, 15) is 4.79 Å². The van der Waals surface area contributed by atoms with Crippen molar-refractivity contribution in [2.24, 2.45) is 10.7 Å². The Bertz CT molecular complexity index is 1110. The lowest BCUT2D eigenvalue weighted by Gasteiger charge is -2.10. The van der Waals surface area contributed by atoms with E-state index in [0.29, 0.717) is 13.1 Å². The number of nitrogens with zero attached hydrogens (tertiary/aromatic N) is 3. The predicted molar refractivity (Wildman–Crippen MR) is 141 cm³/mol. The first-order chi connectivity index (χ1) is 15.9. The van der Waals surface area contributed by atoms with Crippen LogP contribution in [0.3, 0.4) is 0 Å². The van der Waals surface area contributed by atoms with Gasteiger partial charge < -0.3 is 22.1 Å². The summed E-state index contributed by atoms with van der Waals surface area (Å²) in [5, 5.41) is 6.03. The number of unbranched alkanes of at least 4 members (excludes halogenated alkanes) is 1. The lowest BCUT2D eigenvalue weighted by atomic mass is 10.1. The molecule has 0 aliphatic rings. The van der Waals surface area contributed by atoms with Crippen LogP contribution in [0.4, 0.5) is 11.6 Å². The van der Waals surface area contributed by atoms with Gasteiger partial charge >= 0.3 is 5.91 Å². The summed E-state index contributed by atoms with van der Waals surface area (Å²) in [6.45, 7) is 1.08. The van der Waals surface area contributed by atoms with Gasteiger partial charge in [0.1, 0.15) is 0 Å². The zero-order valence-corrected chi connectivity index (χ0v) is 20.8. The third kappa shape index (κ3) is 7.86. The van der Waals surface area contributed by atoms with Crippen LogP contribution in [-0.4, -0.2) is 28.4 Å². The number of guanidine groups is 1. The molecule has 0 radical (unpaired) electrons. The fraction of sp³-hybridized carbons (Fsp3) is 0.217. The van der Waals surface area contributed by atoms with E-state index in [1.54, 1.807) is 0 Å². The fourth-order valence-corrected chi connectivity index (χ4v) is 3.56. The topological polar surface area (TPSA) is 131 Å². The van der Waals surface area contributed by atoms with E-state index in [-0.39, 0.29) is 28.4 Å². The van der Waals surface area contributed by atoms with E-state index in [4.69, 9.17) is 23.1 Å². The number of carbonyl (C=O) groups is 1. The Balaban J connectivity index is 1.51. The van der Waals surface area contributed by atoms with Gasteiger partial charge in [0.2, 0.25) is 0 Å². The van der Waals surface area contributed by atoms with Crippen LogP contribution in [0.5, 0.6) is 0 Å². The molecule has 0 unspecified atom stereocenters. The number of aryl methyl sites for hydroxylation is 1. The summed E-state index contributed by atoms with van der Waals surface area (Å²) in [6.07, 6.45) is 2.85. The van der Waals surface area contributed by atoms with E-state index in [0.717, 1.165) is 28.4 Å².